The summed E-state index contributed by atoms with van der Waals surface area (Å²) in [4.78, 5) is 10.8. The molecule has 3 nitrogen and oxygen atoms in total. The van der Waals surface area contributed by atoms with Crippen LogP contribution in [-0.2, 0) is 0 Å². The molecule has 1 saturated heterocycles. The molecule has 0 aromatic carbocycles. The fourth-order valence-electron chi connectivity index (χ4n) is 0.775. The Hall–Kier alpha value is -0.380. The number of carbonyl (C=O) groups is 1. The molecule has 4 heteroatoms. The predicted octanol–water partition coefficient (Wildman–Crippen LogP) is 0.637. The highest BCUT2D eigenvalue weighted by Gasteiger charge is 2.10. The van der Waals surface area contributed by atoms with Crippen LogP contribution in [0.5, 0.6) is 0 Å². The average Bonchev–Trinajstić information content (AvgIpc) is 1.99. The molecule has 0 bridgehead atoms. The van der Waals surface area contributed by atoms with E-state index in [2.05, 4.69) is 18.1 Å². The molecule has 1 N–H and O–H groups in total. The Balaban J connectivity index is 2.41. The molecule has 1 rings (SSSR count). The Bertz CT molecular complexity index is 118. The van der Waals surface area contributed by atoms with Gasteiger partial charge < -0.3 is 5.32 Å². The zero-order chi connectivity index (χ0) is 6.69. The smallest absolute Gasteiger partial charge is 0.327 e. The summed E-state index contributed by atoms with van der Waals surface area (Å²) in [6, 6.07) is -0.0733. The number of hydrogen-bond acceptors (Lipinski definition) is 2. The summed E-state index contributed by atoms with van der Waals surface area (Å²) in [5, 5.41) is 2.70. The van der Waals surface area contributed by atoms with E-state index in [1.807, 2.05) is 0 Å². The quantitative estimate of drug-likeness (QED) is 0.483. The number of rotatable bonds is 0. The highest BCUT2D eigenvalue weighted by Crippen LogP contribution is 2.02. The van der Waals surface area contributed by atoms with Gasteiger partial charge >= 0.3 is 6.03 Å². The number of hydrogen-bond donors (Lipinski definition) is 2. The molecule has 0 aromatic rings. The van der Waals surface area contributed by atoms with E-state index in [4.69, 9.17) is 0 Å². The van der Waals surface area contributed by atoms with Crippen molar-refractivity contribution in [3.05, 3.63) is 0 Å². The van der Waals surface area contributed by atoms with Crippen LogP contribution in [0.1, 0.15) is 12.8 Å². The van der Waals surface area contributed by atoms with Crippen molar-refractivity contribution in [1.82, 2.24) is 9.62 Å². The van der Waals surface area contributed by atoms with Crippen LogP contribution >= 0.6 is 12.8 Å². The van der Waals surface area contributed by atoms with Gasteiger partial charge in [0, 0.05) is 13.1 Å². The van der Waals surface area contributed by atoms with Crippen LogP contribution in [0.2, 0.25) is 0 Å². The van der Waals surface area contributed by atoms with E-state index in [1.54, 1.807) is 0 Å². The Morgan fingerprint density at radius 2 is 2.33 bits per heavy atom. The van der Waals surface area contributed by atoms with Crippen molar-refractivity contribution in [2.24, 2.45) is 0 Å². The zero-order valence-corrected chi connectivity index (χ0v) is 6.03. The van der Waals surface area contributed by atoms with Crippen molar-refractivity contribution in [1.29, 1.82) is 0 Å². The van der Waals surface area contributed by atoms with Gasteiger partial charge in [0.25, 0.3) is 0 Å². The molecule has 1 fully saturated rings. The van der Waals surface area contributed by atoms with E-state index in [9.17, 15) is 4.79 Å². The minimum atomic E-state index is -0.0733. The maximum atomic E-state index is 10.8. The van der Waals surface area contributed by atoms with Crippen LogP contribution in [0.3, 0.4) is 0 Å². The van der Waals surface area contributed by atoms with Gasteiger partial charge in [-0.3, -0.25) is 4.31 Å². The van der Waals surface area contributed by atoms with Crippen LogP contribution in [0.15, 0.2) is 0 Å². The van der Waals surface area contributed by atoms with Gasteiger partial charge in [-0.15, -0.1) is 0 Å². The summed E-state index contributed by atoms with van der Waals surface area (Å²) in [7, 11) is 0. The normalized spacial score (nSPS) is 21.0. The first-order valence-corrected chi connectivity index (χ1v) is 3.45. The molecule has 0 atom stereocenters. The summed E-state index contributed by atoms with van der Waals surface area (Å²) < 4.78 is 1.41. The number of urea groups is 1. The van der Waals surface area contributed by atoms with E-state index in [0.29, 0.717) is 0 Å². The topological polar surface area (TPSA) is 32.3 Å². The fourth-order valence-corrected chi connectivity index (χ4v) is 0.987. The molecule has 1 aliphatic heterocycles. The van der Waals surface area contributed by atoms with Crippen LogP contribution in [-0.4, -0.2) is 23.4 Å². The number of amides is 2. The molecule has 0 aliphatic carbocycles. The molecule has 0 saturated carbocycles. The van der Waals surface area contributed by atoms with Crippen LogP contribution in [0, 0.1) is 0 Å². The standard InChI is InChI=1S/C5H10N2OS/c8-5-6-3-1-2-4-7(5)9/h9H,1-4H2,(H,6,8). The number of carbonyl (C=O) groups excluding carboxylic acids is 1. The summed E-state index contributed by atoms with van der Waals surface area (Å²) in [6.07, 6.45) is 2.10. The van der Waals surface area contributed by atoms with E-state index in [0.717, 1.165) is 25.9 Å². The summed E-state index contributed by atoms with van der Waals surface area (Å²) >= 11 is 3.95. The van der Waals surface area contributed by atoms with Crippen molar-refractivity contribution in [3.63, 3.8) is 0 Å². The van der Waals surface area contributed by atoms with Crippen LogP contribution < -0.4 is 5.32 Å². The van der Waals surface area contributed by atoms with Gasteiger partial charge in [0.1, 0.15) is 0 Å². The summed E-state index contributed by atoms with van der Waals surface area (Å²) in [5.41, 5.74) is 0. The first-order valence-electron chi connectivity index (χ1n) is 3.05. The first-order chi connectivity index (χ1) is 4.30. The molecule has 2 amide bonds. The monoisotopic (exact) mass is 146 g/mol. The summed E-state index contributed by atoms with van der Waals surface area (Å²) in [6.45, 7) is 1.55. The minimum Gasteiger partial charge on any atom is -0.337 e. The lowest BCUT2D eigenvalue weighted by Gasteiger charge is -2.10. The maximum absolute atomic E-state index is 10.8. The van der Waals surface area contributed by atoms with Gasteiger partial charge in [-0.05, 0) is 12.8 Å². The third kappa shape index (κ3) is 1.78. The molecule has 0 radical (unpaired) electrons. The number of nitrogens with zero attached hydrogens (tertiary/aromatic N) is 1. The third-order valence-corrected chi connectivity index (χ3v) is 1.69. The molecule has 0 spiro atoms. The van der Waals surface area contributed by atoms with Crippen LogP contribution in [0.25, 0.3) is 0 Å². The van der Waals surface area contributed by atoms with Crippen molar-refractivity contribution in [3.8, 4) is 0 Å². The van der Waals surface area contributed by atoms with Crippen molar-refractivity contribution in [2.45, 2.75) is 12.8 Å². The molecular formula is C5H10N2OS. The molecule has 1 heterocycles. The Labute approximate surface area is 60.0 Å². The highest BCUT2D eigenvalue weighted by molar-refractivity contribution is 7.78. The van der Waals surface area contributed by atoms with Gasteiger partial charge in [0.15, 0.2) is 0 Å². The lowest BCUT2D eigenvalue weighted by Crippen LogP contribution is -2.31. The second-order valence-electron chi connectivity index (χ2n) is 2.06. The maximum Gasteiger partial charge on any atom is 0.327 e. The Morgan fingerprint density at radius 1 is 1.56 bits per heavy atom. The fraction of sp³-hybridized carbons (Fsp3) is 0.800. The van der Waals surface area contributed by atoms with E-state index in [1.165, 1.54) is 4.31 Å². The highest BCUT2D eigenvalue weighted by atomic mass is 32.1. The second-order valence-corrected chi connectivity index (χ2v) is 2.55. The predicted molar refractivity (Wildman–Crippen MR) is 38.3 cm³/mol. The second kappa shape index (κ2) is 2.96. The molecule has 9 heavy (non-hydrogen) atoms. The van der Waals surface area contributed by atoms with Crippen molar-refractivity contribution >= 4 is 18.8 Å². The zero-order valence-electron chi connectivity index (χ0n) is 5.13. The SMILES string of the molecule is O=C1NCCCCN1S. The average molecular weight is 146 g/mol. The van der Waals surface area contributed by atoms with Crippen molar-refractivity contribution in [2.75, 3.05) is 13.1 Å². The molecule has 0 unspecified atom stereocenters. The third-order valence-electron chi connectivity index (χ3n) is 1.31. The van der Waals surface area contributed by atoms with Gasteiger partial charge in [-0.2, -0.15) is 0 Å². The molecule has 1 aliphatic rings. The molecule has 52 valence electrons. The van der Waals surface area contributed by atoms with Gasteiger partial charge in [-0.25, -0.2) is 4.79 Å². The number of thiol groups is 1. The van der Waals surface area contributed by atoms with Gasteiger partial charge in [-0.1, -0.05) is 12.8 Å². The van der Waals surface area contributed by atoms with Gasteiger partial charge in [0.05, 0.1) is 0 Å². The number of nitrogens with one attached hydrogen (secondary N) is 1. The largest absolute Gasteiger partial charge is 0.337 e. The van der Waals surface area contributed by atoms with Gasteiger partial charge in [0.2, 0.25) is 0 Å². The first kappa shape index (κ1) is 6.74. The lowest BCUT2D eigenvalue weighted by atomic mass is 10.3. The summed E-state index contributed by atoms with van der Waals surface area (Å²) in [5.74, 6) is 0. The molecule has 0 aromatic heterocycles. The minimum absolute atomic E-state index is 0.0733. The van der Waals surface area contributed by atoms with Crippen LogP contribution in [0.4, 0.5) is 4.79 Å². The Kier molecular flexibility index (Phi) is 2.22. The van der Waals surface area contributed by atoms with Crippen molar-refractivity contribution < 1.29 is 4.79 Å². The van der Waals surface area contributed by atoms with E-state index in [-0.39, 0.29) is 6.03 Å². The lowest BCUT2D eigenvalue weighted by molar-refractivity contribution is 0.229. The Morgan fingerprint density at radius 3 is 3.11 bits per heavy atom. The van der Waals surface area contributed by atoms with E-state index >= 15 is 0 Å². The van der Waals surface area contributed by atoms with E-state index < -0.39 is 0 Å². The molecular weight excluding hydrogens is 136 g/mol.